The molecule has 1 N–H and O–H groups in total. The highest BCUT2D eigenvalue weighted by Gasteiger charge is 2.27. The summed E-state index contributed by atoms with van der Waals surface area (Å²) < 4.78 is 6.49. The zero-order chi connectivity index (χ0) is 12.6. The van der Waals surface area contributed by atoms with Crippen LogP contribution in [0.25, 0.3) is 0 Å². The highest BCUT2D eigenvalue weighted by atomic mass is 16.5. The highest BCUT2D eigenvalue weighted by Crippen LogP contribution is 2.32. The standard InChI is InChI=1S/C16H31NO/c1-17-13-12-16(14-8-4-2-5-9-14)18-15-10-6-3-7-11-15/h14-17H,2-13H2,1H3. The number of nitrogens with one attached hydrogen (secondary N) is 1. The van der Waals surface area contributed by atoms with Crippen LogP contribution in [0.2, 0.25) is 0 Å². The predicted octanol–water partition coefficient (Wildman–Crippen LogP) is 3.89. The van der Waals surface area contributed by atoms with Gasteiger partial charge in [0.15, 0.2) is 0 Å². The van der Waals surface area contributed by atoms with Crippen LogP contribution in [-0.4, -0.2) is 25.8 Å². The monoisotopic (exact) mass is 253 g/mol. The summed E-state index contributed by atoms with van der Waals surface area (Å²) in [4.78, 5) is 0. The van der Waals surface area contributed by atoms with E-state index in [1.165, 1.54) is 70.6 Å². The van der Waals surface area contributed by atoms with Crippen molar-refractivity contribution in [3.05, 3.63) is 0 Å². The second-order valence-corrected chi connectivity index (χ2v) is 6.22. The van der Waals surface area contributed by atoms with E-state index >= 15 is 0 Å². The molecule has 1 unspecified atom stereocenters. The summed E-state index contributed by atoms with van der Waals surface area (Å²) in [6.45, 7) is 1.11. The first-order valence-electron chi connectivity index (χ1n) is 8.20. The molecule has 0 aromatic rings. The maximum atomic E-state index is 6.49. The minimum atomic E-state index is 0.529. The van der Waals surface area contributed by atoms with E-state index < -0.39 is 0 Å². The van der Waals surface area contributed by atoms with E-state index in [0.717, 1.165) is 12.5 Å². The maximum absolute atomic E-state index is 6.49. The first-order chi connectivity index (χ1) is 8.90. The third-order valence-corrected chi connectivity index (χ3v) is 4.77. The molecule has 2 heteroatoms. The summed E-state index contributed by atoms with van der Waals surface area (Å²) in [6, 6.07) is 0. The maximum Gasteiger partial charge on any atom is 0.0619 e. The Morgan fingerprint density at radius 1 is 0.944 bits per heavy atom. The van der Waals surface area contributed by atoms with Crippen molar-refractivity contribution in [2.45, 2.75) is 82.8 Å². The fourth-order valence-corrected chi connectivity index (χ4v) is 3.66. The molecule has 2 nitrogen and oxygen atoms in total. The zero-order valence-electron chi connectivity index (χ0n) is 12.1. The van der Waals surface area contributed by atoms with Crippen LogP contribution in [-0.2, 0) is 4.74 Å². The molecule has 0 saturated heterocycles. The third-order valence-electron chi connectivity index (χ3n) is 4.77. The highest BCUT2D eigenvalue weighted by molar-refractivity contribution is 4.77. The SMILES string of the molecule is CNCCC(OC1CCCCC1)C1CCCCC1. The molecule has 2 saturated carbocycles. The lowest BCUT2D eigenvalue weighted by Crippen LogP contribution is -2.33. The Morgan fingerprint density at radius 2 is 1.56 bits per heavy atom. The number of rotatable bonds is 6. The van der Waals surface area contributed by atoms with E-state index in [-0.39, 0.29) is 0 Å². The molecule has 0 amide bonds. The molecule has 0 bridgehead atoms. The van der Waals surface area contributed by atoms with Gasteiger partial charge in [0.25, 0.3) is 0 Å². The topological polar surface area (TPSA) is 21.3 Å². The molecular weight excluding hydrogens is 222 g/mol. The Bertz CT molecular complexity index is 207. The van der Waals surface area contributed by atoms with Crippen molar-refractivity contribution in [1.29, 1.82) is 0 Å². The molecule has 2 rings (SSSR count). The summed E-state index contributed by atoms with van der Waals surface area (Å²) in [6.07, 6.45) is 16.2. The van der Waals surface area contributed by atoms with Crippen LogP contribution in [0.4, 0.5) is 0 Å². The van der Waals surface area contributed by atoms with E-state index in [4.69, 9.17) is 4.74 Å². The molecule has 1 atom stereocenters. The normalized spacial score (nSPS) is 25.2. The van der Waals surface area contributed by atoms with Crippen LogP contribution in [0.5, 0.6) is 0 Å². The first-order valence-corrected chi connectivity index (χ1v) is 8.20. The van der Waals surface area contributed by atoms with Crippen LogP contribution < -0.4 is 5.32 Å². The van der Waals surface area contributed by atoms with E-state index in [0.29, 0.717) is 12.2 Å². The Hall–Kier alpha value is -0.0800. The van der Waals surface area contributed by atoms with Crippen LogP contribution >= 0.6 is 0 Å². The molecule has 2 fully saturated rings. The van der Waals surface area contributed by atoms with Crippen molar-refractivity contribution in [1.82, 2.24) is 5.32 Å². The lowest BCUT2D eigenvalue weighted by Gasteiger charge is -2.34. The lowest BCUT2D eigenvalue weighted by atomic mass is 9.83. The second-order valence-electron chi connectivity index (χ2n) is 6.22. The zero-order valence-corrected chi connectivity index (χ0v) is 12.1. The van der Waals surface area contributed by atoms with E-state index in [9.17, 15) is 0 Å². The van der Waals surface area contributed by atoms with E-state index in [1.807, 2.05) is 0 Å². The largest absolute Gasteiger partial charge is 0.375 e. The van der Waals surface area contributed by atoms with Gasteiger partial charge in [0.05, 0.1) is 12.2 Å². The van der Waals surface area contributed by atoms with Gasteiger partial charge >= 0.3 is 0 Å². The van der Waals surface area contributed by atoms with Gasteiger partial charge in [-0.15, -0.1) is 0 Å². The molecule has 2 aliphatic carbocycles. The number of ether oxygens (including phenoxy) is 1. The number of hydrogen-bond acceptors (Lipinski definition) is 2. The summed E-state index contributed by atoms with van der Waals surface area (Å²) in [5.41, 5.74) is 0. The van der Waals surface area contributed by atoms with Gasteiger partial charge in [-0.05, 0) is 51.6 Å². The number of hydrogen-bond donors (Lipinski definition) is 1. The Morgan fingerprint density at radius 3 is 2.17 bits per heavy atom. The lowest BCUT2D eigenvalue weighted by molar-refractivity contribution is -0.0671. The smallest absolute Gasteiger partial charge is 0.0619 e. The molecule has 0 aromatic heterocycles. The quantitative estimate of drug-likeness (QED) is 0.775. The van der Waals surface area contributed by atoms with Gasteiger partial charge in [-0.2, -0.15) is 0 Å². The second kappa shape index (κ2) is 8.16. The molecular formula is C16H31NO. The summed E-state index contributed by atoms with van der Waals surface area (Å²) >= 11 is 0. The van der Waals surface area contributed by atoms with Crippen LogP contribution in [0.3, 0.4) is 0 Å². The van der Waals surface area contributed by atoms with Gasteiger partial charge in [0.1, 0.15) is 0 Å². The van der Waals surface area contributed by atoms with Gasteiger partial charge in [0.2, 0.25) is 0 Å². The summed E-state index contributed by atoms with van der Waals surface area (Å²) in [5.74, 6) is 0.842. The predicted molar refractivity (Wildman–Crippen MR) is 76.9 cm³/mol. The van der Waals surface area contributed by atoms with Crippen molar-refractivity contribution in [3.8, 4) is 0 Å². The van der Waals surface area contributed by atoms with Crippen molar-refractivity contribution in [2.24, 2.45) is 5.92 Å². The molecule has 2 aliphatic rings. The van der Waals surface area contributed by atoms with Crippen LogP contribution in [0, 0.1) is 5.92 Å². The minimum absolute atomic E-state index is 0.529. The molecule has 0 spiro atoms. The van der Waals surface area contributed by atoms with Gasteiger partial charge in [-0.25, -0.2) is 0 Å². The van der Waals surface area contributed by atoms with Gasteiger partial charge < -0.3 is 10.1 Å². The molecule has 18 heavy (non-hydrogen) atoms. The van der Waals surface area contributed by atoms with E-state index in [1.54, 1.807) is 0 Å². The fourth-order valence-electron chi connectivity index (χ4n) is 3.66. The van der Waals surface area contributed by atoms with Crippen LogP contribution in [0.1, 0.15) is 70.6 Å². The summed E-state index contributed by atoms with van der Waals surface area (Å²) in [5, 5.41) is 3.29. The third kappa shape index (κ3) is 4.55. The molecule has 0 heterocycles. The fraction of sp³-hybridized carbons (Fsp3) is 1.00. The van der Waals surface area contributed by atoms with Gasteiger partial charge in [-0.1, -0.05) is 38.5 Å². The average Bonchev–Trinajstić information content (AvgIpc) is 2.45. The van der Waals surface area contributed by atoms with Crippen molar-refractivity contribution in [3.63, 3.8) is 0 Å². The van der Waals surface area contributed by atoms with E-state index in [2.05, 4.69) is 12.4 Å². The van der Waals surface area contributed by atoms with Crippen molar-refractivity contribution < 1.29 is 4.74 Å². The molecule has 0 radical (unpaired) electrons. The van der Waals surface area contributed by atoms with Crippen molar-refractivity contribution >= 4 is 0 Å². The van der Waals surface area contributed by atoms with Gasteiger partial charge in [0, 0.05) is 0 Å². The Balaban J connectivity index is 1.82. The molecule has 0 aromatic carbocycles. The minimum Gasteiger partial charge on any atom is -0.375 e. The van der Waals surface area contributed by atoms with Crippen LogP contribution in [0.15, 0.2) is 0 Å². The van der Waals surface area contributed by atoms with Gasteiger partial charge in [-0.3, -0.25) is 0 Å². The average molecular weight is 253 g/mol. The Kier molecular flexibility index (Phi) is 6.50. The first kappa shape index (κ1) is 14.3. The summed E-state index contributed by atoms with van der Waals surface area (Å²) in [7, 11) is 2.05. The molecule has 0 aliphatic heterocycles. The molecule has 106 valence electrons. The Labute approximate surface area is 113 Å². The van der Waals surface area contributed by atoms with Crippen molar-refractivity contribution in [2.75, 3.05) is 13.6 Å².